The van der Waals surface area contributed by atoms with Crippen molar-refractivity contribution in [1.82, 2.24) is 0 Å². The van der Waals surface area contributed by atoms with Crippen molar-refractivity contribution in [3.63, 3.8) is 0 Å². The number of carbonyl (C=O) groups excluding carboxylic acids is 1. The molecule has 0 rings (SSSR count). The fourth-order valence-corrected chi connectivity index (χ4v) is 5.22. The first-order chi connectivity index (χ1) is 23.1. The van der Waals surface area contributed by atoms with Gasteiger partial charge in [-0.1, -0.05) is 132 Å². The monoisotopic (exact) mass is 695 g/mol. The highest BCUT2D eigenvalue weighted by Gasteiger charge is 2.20. The predicted molar refractivity (Wildman–Crippen MR) is 199 cm³/mol. The average molecular weight is 696 g/mol. The molecule has 0 aromatic heterocycles. The molecule has 0 amide bonds. The van der Waals surface area contributed by atoms with Gasteiger partial charge in [0, 0.05) is 6.42 Å². The van der Waals surface area contributed by atoms with Crippen molar-refractivity contribution >= 4 is 13.8 Å². The van der Waals surface area contributed by atoms with Crippen LogP contribution in [0.4, 0.5) is 0 Å². The molecule has 0 aliphatic heterocycles. The van der Waals surface area contributed by atoms with Crippen LogP contribution in [0.3, 0.4) is 0 Å². The SMILES string of the molecule is CC/C=C\C/C=C\C/C=C\C/C=C\C/C=C\CCOCC(COP(=O)([O-])OCC[N+](C)(C)C)OC(=O)CCCCCCCCCCCC. The summed E-state index contributed by atoms with van der Waals surface area (Å²) >= 11 is 0. The highest BCUT2D eigenvalue weighted by atomic mass is 31.2. The number of phosphoric acid groups is 1. The lowest BCUT2D eigenvalue weighted by atomic mass is 10.1. The van der Waals surface area contributed by atoms with Crippen LogP contribution in [0.25, 0.3) is 0 Å². The van der Waals surface area contributed by atoms with Gasteiger partial charge in [-0.15, -0.1) is 0 Å². The Labute approximate surface area is 294 Å². The molecule has 2 unspecified atom stereocenters. The van der Waals surface area contributed by atoms with E-state index in [2.05, 4.69) is 68.5 Å². The number of rotatable bonds is 33. The maximum Gasteiger partial charge on any atom is 0.306 e. The van der Waals surface area contributed by atoms with Crippen molar-refractivity contribution in [3.8, 4) is 0 Å². The van der Waals surface area contributed by atoms with Crippen molar-refractivity contribution in [1.29, 1.82) is 0 Å². The Morgan fingerprint density at radius 1 is 0.667 bits per heavy atom. The topological polar surface area (TPSA) is 94.1 Å². The van der Waals surface area contributed by atoms with Crippen molar-refractivity contribution in [2.24, 2.45) is 0 Å². The van der Waals surface area contributed by atoms with Crippen LogP contribution < -0.4 is 4.89 Å². The molecule has 0 aliphatic rings. The van der Waals surface area contributed by atoms with Crippen LogP contribution in [0.2, 0.25) is 0 Å². The summed E-state index contributed by atoms with van der Waals surface area (Å²) in [5.41, 5.74) is 0. The van der Waals surface area contributed by atoms with Crippen LogP contribution in [0, 0.1) is 0 Å². The van der Waals surface area contributed by atoms with Crippen LogP contribution >= 0.6 is 7.82 Å². The highest BCUT2D eigenvalue weighted by molar-refractivity contribution is 7.45. The normalized spacial score (nSPS) is 14.7. The molecular formula is C39H70NO7P. The van der Waals surface area contributed by atoms with E-state index < -0.39 is 13.9 Å². The van der Waals surface area contributed by atoms with Crippen LogP contribution in [-0.4, -0.2) is 70.7 Å². The molecule has 0 spiro atoms. The van der Waals surface area contributed by atoms with Crippen molar-refractivity contribution in [3.05, 3.63) is 60.8 Å². The van der Waals surface area contributed by atoms with E-state index in [1.165, 1.54) is 44.9 Å². The fraction of sp³-hybridized carbons (Fsp3) is 0.718. The number of ether oxygens (including phenoxy) is 2. The van der Waals surface area contributed by atoms with Crippen LogP contribution in [-0.2, 0) is 27.9 Å². The number of allylic oxidation sites excluding steroid dienone is 9. The summed E-state index contributed by atoms with van der Waals surface area (Å²) in [5.74, 6) is -0.365. The van der Waals surface area contributed by atoms with Gasteiger partial charge in [0.25, 0.3) is 7.82 Å². The summed E-state index contributed by atoms with van der Waals surface area (Å²) in [5, 5.41) is 0. The van der Waals surface area contributed by atoms with Crippen LogP contribution in [0.5, 0.6) is 0 Å². The molecular weight excluding hydrogens is 625 g/mol. The number of hydrogen-bond donors (Lipinski definition) is 0. The summed E-state index contributed by atoms with van der Waals surface area (Å²) in [6.07, 6.45) is 38.3. The number of quaternary nitrogens is 1. The van der Waals surface area contributed by atoms with E-state index in [9.17, 15) is 14.3 Å². The van der Waals surface area contributed by atoms with Gasteiger partial charge in [0.05, 0.1) is 41.0 Å². The second-order valence-electron chi connectivity index (χ2n) is 13.2. The first-order valence-corrected chi connectivity index (χ1v) is 20.0. The lowest BCUT2D eigenvalue weighted by Gasteiger charge is -2.28. The zero-order valence-electron chi connectivity index (χ0n) is 31.2. The van der Waals surface area contributed by atoms with Crippen molar-refractivity contribution in [2.45, 2.75) is 129 Å². The minimum absolute atomic E-state index is 0.0111. The van der Waals surface area contributed by atoms with E-state index in [0.29, 0.717) is 30.5 Å². The predicted octanol–water partition coefficient (Wildman–Crippen LogP) is 9.58. The number of likely N-dealkylation sites (N-methyl/N-ethyl adjacent to an activating group) is 1. The largest absolute Gasteiger partial charge is 0.756 e. The molecule has 0 aliphatic carbocycles. The Morgan fingerprint density at radius 2 is 1.17 bits per heavy atom. The van der Waals surface area contributed by atoms with Gasteiger partial charge < -0.3 is 27.9 Å². The molecule has 0 aromatic carbocycles. The molecule has 9 heteroatoms. The van der Waals surface area contributed by atoms with E-state index in [4.69, 9.17) is 18.5 Å². The number of carbonyl (C=O) groups is 1. The van der Waals surface area contributed by atoms with Gasteiger partial charge in [0.2, 0.25) is 0 Å². The minimum Gasteiger partial charge on any atom is -0.756 e. The first kappa shape index (κ1) is 46.2. The number of hydrogen-bond acceptors (Lipinski definition) is 7. The lowest BCUT2D eigenvalue weighted by Crippen LogP contribution is -2.37. The quantitative estimate of drug-likeness (QED) is 0.0222. The summed E-state index contributed by atoms with van der Waals surface area (Å²) in [6, 6.07) is 0. The minimum atomic E-state index is -4.53. The van der Waals surface area contributed by atoms with E-state index >= 15 is 0 Å². The van der Waals surface area contributed by atoms with Gasteiger partial charge in [0.1, 0.15) is 19.3 Å². The van der Waals surface area contributed by atoms with Gasteiger partial charge in [0.15, 0.2) is 0 Å². The standard InChI is InChI=1S/C39H70NO7P/c1-6-8-10-12-14-16-18-19-20-21-22-23-25-27-29-31-34-44-36-38(37-46-48(42,43)45-35-33-40(3,4)5)47-39(41)32-30-28-26-24-17-15-13-11-9-7-2/h8,10,14,16,19-20,22-23,27,29,38H,6-7,9,11-13,15,17-18,21,24-26,28,30-37H2,1-5H3/b10-8-,16-14-,20-19-,23-22-,29-27-. The third kappa shape index (κ3) is 35.5. The van der Waals surface area contributed by atoms with E-state index in [1.54, 1.807) is 0 Å². The van der Waals surface area contributed by atoms with Gasteiger partial charge in [-0.2, -0.15) is 0 Å². The molecule has 8 nitrogen and oxygen atoms in total. The van der Waals surface area contributed by atoms with E-state index in [-0.39, 0.29) is 25.8 Å². The first-order valence-electron chi connectivity index (χ1n) is 18.5. The smallest absolute Gasteiger partial charge is 0.306 e. The van der Waals surface area contributed by atoms with Gasteiger partial charge in [-0.05, 0) is 44.9 Å². The molecule has 0 bridgehead atoms. The fourth-order valence-electron chi connectivity index (χ4n) is 4.49. The summed E-state index contributed by atoms with van der Waals surface area (Å²) in [6.45, 7) is 5.02. The number of unbranched alkanes of at least 4 members (excludes halogenated alkanes) is 9. The Morgan fingerprint density at radius 3 is 1.69 bits per heavy atom. The maximum atomic E-state index is 12.5. The van der Waals surface area contributed by atoms with Gasteiger partial charge >= 0.3 is 5.97 Å². The second-order valence-corrected chi connectivity index (χ2v) is 14.6. The number of phosphoric ester groups is 1. The van der Waals surface area contributed by atoms with E-state index in [0.717, 1.165) is 51.4 Å². The molecule has 0 N–H and O–H groups in total. The third-order valence-corrected chi connectivity index (χ3v) is 8.32. The molecule has 0 aromatic rings. The molecule has 278 valence electrons. The summed E-state index contributed by atoms with van der Waals surface area (Å²) < 4.78 is 34.2. The second kappa shape index (κ2) is 32.4. The zero-order chi connectivity index (χ0) is 35.6. The Balaban J connectivity index is 4.45. The molecule has 0 saturated carbocycles. The highest BCUT2D eigenvalue weighted by Crippen LogP contribution is 2.38. The maximum absolute atomic E-state index is 12.5. The summed E-state index contributed by atoms with van der Waals surface area (Å²) in [4.78, 5) is 24.8. The van der Waals surface area contributed by atoms with Crippen LogP contribution in [0.15, 0.2) is 60.8 Å². The molecule has 2 atom stereocenters. The van der Waals surface area contributed by atoms with Crippen molar-refractivity contribution < 1.29 is 37.3 Å². The molecule has 48 heavy (non-hydrogen) atoms. The van der Waals surface area contributed by atoms with E-state index in [1.807, 2.05) is 27.2 Å². The zero-order valence-corrected chi connectivity index (χ0v) is 32.1. The average Bonchev–Trinajstić information content (AvgIpc) is 3.03. The molecule has 0 saturated heterocycles. The Kier molecular flexibility index (Phi) is 31.2. The van der Waals surface area contributed by atoms with Gasteiger partial charge in [-0.25, -0.2) is 0 Å². The lowest BCUT2D eigenvalue weighted by molar-refractivity contribution is -0.870. The molecule has 0 fully saturated rings. The molecule has 0 heterocycles. The third-order valence-electron chi connectivity index (χ3n) is 7.35. The van der Waals surface area contributed by atoms with Gasteiger partial charge in [-0.3, -0.25) is 9.36 Å². The molecule has 0 radical (unpaired) electrons. The van der Waals surface area contributed by atoms with Crippen LogP contribution in [0.1, 0.15) is 123 Å². The number of esters is 1. The number of nitrogens with zero attached hydrogens (tertiary/aromatic N) is 1. The summed E-state index contributed by atoms with van der Waals surface area (Å²) in [7, 11) is 1.30. The van der Waals surface area contributed by atoms with Crippen molar-refractivity contribution in [2.75, 3.05) is 54.1 Å². The Bertz CT molecular complexity index is 952. The Hall–Kier alpha value is -1.80.